The van der Waals surface area contributed by atoms with Gasteiger partial charge in [-0.3, -0.25) is 0 Å². The summed E-state index contributed by atoms with van der Waals surface area (Å²) in [6.45, 7) is 11.3. The Morgan fingerprint density at radius 2 is 1.96 bits per heavy atom. The summed E-state index contributed by atoms with van der Waals surface area (Å²) in [5.74, 6) is 1.75. The van der Waals surface area contributed by atoms with Gasteiger partial charge in [-0.05, 0) is 64.4 Å². The zero-order valence-corrected chi connectivity index (χ0v) is 20.0. The van der Waals surface area contributed by atoms with Gasteiger partial charge in [0.2, 0.25) is 0 Å². The van der Waals surface area contributed by atoms with Crippen LogP contribution >= 0.6 is 24.0 Å². The zero-order chi connectivity index (χ0) is 19.3. The zero-order valence-electron chi connectivity index (χ0n) is 17.6. The molecule has 2 rings (SSSR count). The molecule has 0 aliphatic carbocycles. The number of methoxy groups -OCH3 is 1. The van der Waals surface area contributed by atoms with Gasteiger partial charge in [0.25, 0.3) is 0 Å². The Morgan fingerprint density at radius 1 is 1.18 bits per heavy atom. The normalized spacial score (nSPS) is 14.6. The number of guanidine groups is 1. The van der Waals surface area contributed by atoms with E-state index in [9.17, 15) is 0 Å². The number of rotatable bonds is 11. The van der Waals surface area contributed by atoms with Crippen molar-refractivity contribution in [3.05, 3.63) is 29.3 Å². The Balaban J connectivity index is 0.00000392. The van der Waals surface area contributed by atoms with Crippen LogP contribution in [0.5, 0.6) is 5.75 Å². The van der Waals surface area contributed by atoms with E-state index >= 15 is 0 Å². The molecule has 0 amide bonds. The Labute approximate surface area is 187 Å². The van der Waals surface area contributed by atoms with Gasteiger partial charge in [-0.15, -0.1) is 24.0 Å². The van der Waals surface area contributed by atoms with Gasteiger partial charge in [-0.2, -0.15) is 0 Å². The van der Waals surface area contributed by atoms with E-state index in [2.05, 4.69) is 47.6 Å². The van der Waals surface area contributed by atoms with Crippen LogP contribution in [0, 0.1) is 6.92 Å². The van der Waals surface area contributed by atoms with Gasteiger partial charge >= 0.3 is 0 Å². The lowest BCUT2D eigenvalue weighted by atomic mass is 10.1. The van der Waals surface area contributed by atoms with Crippen LogP contribution < -0.4 is 15.4 Å². The molecule has 1 aliphatic rings. The number of nitrogens with one attached hydrogen (secondary N) is 2. The molecule has 0 bridgehead atoms. The van der Waals surface area contributed by atoms with E-state index < -0.39 is 0 Å². The van der Waals surface area contributed by atoms with Crippen LogP contribution in [0.2, 0.25) is 0 Å². The Bertz CT molecular complexity index is 578. The van der Waals surface area contributed by atoms with Crippen LogP contribution in [0.25, 0.3) is 0 Å². The predicted octanol–water partition coefficient (Wildman–Crippen LogP) is 3.18. The first-order chi connectivity index (χ1) is 13.2. The minimum absolute atomic E-state index is 0. The van der Waals surface area contributed by atoms with Gasteiger partial charge in [0.1, 0.15) is 12.4 Å². The molecule has 0 aromatic heterocycles. The Hall–Kier alpha value is -1.06. The van der Waals surface area contributed by atoms with Crippen LogP contribution in [0.15, 0.2) is 23.2 Å². The molecule has 6 nitrogen and oxygen atoms in total. The molecular weight excluding hydrogens is 467 g/mol. The van der Waals surface area contributed by atoms with E-state index in [-0.39, 0.29) is 24.0 Å². The van der Waals surface area contributed by atoms with Gasteiger partial charge in [-0.25, -0.2) is 4.99 Å². The number of hydrogen-bond acceptors (Lipinski definition) is 4. The molecule has 0 spiro atoms. The van der Waals surface area contributed by atoms with Crippen LogP contribution in [0.4, 0.5) is 0 Å². The number of ether oxygens (including phenoxy) is 2. The number of benzene rings is 1. The van der Waals surface area contributed by atoms with Gasteiger partial charge in [0, 0.05) is 25.8 Å². The van der Waals surface area contributed by atoms with Gasteiger partial charge < -0.3 is 25.0 Å². The molecule has 1 heterocycles. The fourth-order valence-corrected chi connectivity index (χ4v) is 3.18. The van der Waals surface area contributed by atoms with Crippen molar-refractivity contribution >= 4 is 29.9 Å². The van der Waals surface area contributed by atoms with Crippen molar-refractivity contribution in [2.75, 3.05) is 53.0 Å². The summed E-state index contributed by atoms with van der Waals surface area (Å²) in [7, 11) is 1.68. The predicted molar refractivity (Wildman–Crippen MR) is 127 cm³/mol. The smallest absolute Gasteiger partial charge is 0.191 e. The number of hydrogen-bond donors (Lipinski definition) is 2. The first kappa shape index (κ1) is 25.0. The van der Waals surface area contributed by atoms with Crippen molar-refractivity contribution in [1.82, 2.24) is 15.5 Å². The summed E-state index contributed by atoms with van der Waals surface area (Å²) < 4.78 is 10.9. The molecule has 0 saturated carbocycles. The third-order valence-electron chi connectivity index (χ3n) is 4.66. The first-order valence-corrected chi connectivity index (χ1v) is 10.2. The lowest BCUT2D eigenvalue weighted by Crippen LogP contribution is -2.38. The van der Waals surface area contributed by atoms with Crippen molar-refractivity contribution in [3.63, 3.8) is 0 Å². The van der Waals surface area contributed by atoms with E-state index in [1.54, 1.807) is 7.11 Å². The van der Waals surface area contributed by atoms with Gasteiger partial charge in [0.05, 0.1) is 13.2 Å². The number of nitrogens with zero attached hydrogens (tertiary/aromatic N) is 2. The van der Waals surface area contributed by atoms with Crippen molar-refractivity contribution in [1.29, 1.82) is 0 Å². The largest absolute Gasteiger partial charge is 0.491 e. The Kier molecular flexibility index (Phi) is 13.3. The fraction of sp³-hybridized carbons (Fsp3) is 0.667. The molecule has 7 heteroatoms. The molecule has 0 atom stereocenters. The van der Waals surface area contributed by atoms with E-state index in [1.165, 1.54) is 38.0 Å². The highest BCUT2D eigenvalue weighted by Crippen LogP contribution is 2.21. The molecule has 1 aliphatic heterocycles. The highest BCUT2D eigenvalue weighted by atomic mass is 127. The van der Waals surface area contributed by atoms with Crippen LogP contribution in [0.1, 0.15) is 37.3 Å². The number of likely N-dealkylation sites (tertiary alicyclic amines) is 1. The minimum Gasteiger partial charge on any atom is -0.491 e. The maximum Gasteiger partial charge on any atom is 0.191 e. The second kappa shape index (κ2) is 14.9. The summed E-state index contributed by atoms with van der Waals surface area (Å²) in [6.07, 6.45) is 3.84. The molecule has 0 radical (unpaired) electrons. The minimum atomic E-state index is 0. The van der Waals surface area contributed by atoms with E-state index in [0.717, 1.165) is 36.8 Å². The second-order valence-corrected chi connectivity index (χ2v) is 6.98. The first-order valence-electron chi connectivity index (χ1n) is 10.2. The van der Waals surface area contributed by atoms with E-state index in [0.29, 0.717) is 19.8 Å². The van der Waals surface area contributed by atoms with Crippen LogP contribution in [0.3, 0.4) is 0 Å². The molecule has 0 unspecified atom stereocenters. The summed E-state index contributed by atoms with van der Waals surface area (Å²) >= 11 is 0. The average Bonchev–Trinajstić information content (AvgIpc) is 3.18. The quantitative estimate of drug-likeness (QED) is 0.210. The van der Waals surface area contributed by atoms with Gasteiger partial charge in [-0.1, -0.05) is 12.1 Å². The topological polar surface area (TPSA) is 58.1 Å². The lowest BCUT2D eigenvalue weighted by Gasteiger charge is -2.16. The maximum atomic E-state index is 5.87. The standard InChI is InChI=1S/C21H36N4O2.HI/c1-4-22-21(23-10-7-13-25-11-5-6-12-25)24-17-19-9-8-18(2)16-20(19)27-15-14-26-3;/h8-9,16H,4-7,10-15,17H2,1-3H3,(H2,22,23,24);1H. The number of aryl methyl sites for hydroxylation is 1. The molecule has 2 N–H and O–H groups in total. The molecule has 28 heavy (non-hydrogen) atoms. The molecule has 1 saturated heterocycles. The highest BCUT2D eigenvalue weighted by molar-refractivity contribution is 14.0. The summed E-state index contributed by atoms with van der Waals surface area (Å²) in [5, 5.41) is 6.78. The third kappa shape index (κ3) is 9.43. The van der Waals surface area contributed by atoms with E-state index in [1.807, 2.05) is 0 Å². The molecule has 1 aromatic carbocycles. The average molecular weight is 504 g/mol. The number of aliphatic imine (C=N–C) groups is 1. The number of halogens is 1. The van der Waals surface area contributed by atoms with Gasteiger partial charge in [0.15, 0.2) is 5.96 Å². The van der Waals surface area contributed by atoms with Crippen molar-refractivity contribution < 1.29 is 9.47 Å². The molecule has 1 aromatic rings. The summed E-state index contributed by atoms with van der Waals surface area (Å²) in [6, 6.07) is 6.26. The Morgan fingerprint density at radius 3 is 2.68 bits per heavy atom. The van der Waals surface area contributed by atoms with Crippen molar-refractivity contribution in [3.8, 4) is 5.75 Å². The fourth-order valence-electron chi connectivity index (χ4n) is 3.18. The van der Waals surface area contributed by atoms with Crippen molar-refractivity contribution in [2.45, 2.75) is 39.7 Å². The SMILES string of the molecule is CCNC(=NCc1ccc(C)cc1OCCOC)NCCCN1CCCC1.I. The second-order valence-electron chi connectivity index (χ2n) is 6.98. The summed E-state index contributed by atoms with van der Waals surface area (Å²) in [4.78, 5) is 7.28. The van der Waals surface area contributed by atoms with E-state index in [4.69, 9.17) is 14.5 Å². The molecular formula is C21H37IN4O2. The lowest BCUT2D eigenvalue weighted by molar-refractivity contribution is 0.145. The monoisotopic (exact) mass is 504 g/mol. The molecule has 160 valence electrons. The highest BCUT2D eigenvalue weighted by Gasteiger charge is 2.10. The van der Waals surface area contributed by atoms with Crippen LogP contribution in [-0.2, 0) is 11.3 Å². The molecule has 1 fully saturated rings. The van der Waals surface area contributed by atoms with Crippen LogP contribution in [-0.4, -0.2) is 63.9 Å². The third-order valence-corrected chi connectivity index (χ3v) is 4.66. The summed E-state index contributed by atoms with van der Waals surface area (Å²) in [5.41, 5.74) is 2.27. The van der Waals surface area contributed by atoms with Crippen molar-refractivity contribution in [2.24, 2.45) is 4.99 Å². The maximum absolute atomic E-state index is 5.87.